The second-order valence-corrected chi connectivity index (χ2v) is 8.16. The molecule has 0 radical (unpaired) electrons. The van der Waals surface area contributed by atoms with E-state index in [9.17, 15) is 9.18 Å². The third-order valence-electron chi connectivity index (χ3n) is 4.58. The highest BCUT2D eigenvalue weighted by molar-refractivity contribution is 7.15. The van der Waals surface area contributed by atoms with Gasteiger partial charge in [0.25, 0.3) is 5.91 Å². The number of carbonyl (C=O) groups excluding carboxylic acids is 1. The predicted octanol–water partition coefficient (Wildman–Crippen LogP) is 4.98. The third kappa shape index (κ3) is 4.10. The van der Waals surface area contributed by atoms with Gasteiger partial charge in [0, 0.05) is 11.3 Å². The summed E-state index contributed by atoms with van der Waals surface area (Å²) < 4.78 is 14.6. The Labute approximate surface area is 181 Å². The van der Waals surface area contributed by atoms with Crippen LogP contribution in [-0.4, -0.2) is 25.9 Å². The summed E-state index contributed by atoms with van der Waals surface area (Å²) in [7, 11) is 0. The number of anilines is 1. The number of aryl methyl sites for hydroxylation is 1. The molecule has 9 heteroatoms. The van der Waals surface area contributed by atoms with E-state index in [-0.39, 0.29) is 11.5 Å². The number of hydrogen-bond acceptors (Lipinski definition) is 5. The molecule has 0 spiro atoms. The van der Waals surface area contributed by atoms with Gasteiger partial charge in [0.05, 0.1) is 22.1 Å². The number of thiazole rings is 1. The minimum atomic E-state index is -0.395. The Bertz CT molecular complexity index is 1220. The molecular formula is C21H17ClFN5OS. The van der Waals surface area contributed by atoms with Gasteiger partial charge in [0.15, 0.2) is 10.8 Å². The molecule has 0 atom stereocenters. The highest BCUT2D eigenvalue weighted by Gasteiger charge is 2.20. The van der Waals surface area contributed by atoms with Crippen LogP contribution in [0.25, 0.3) is 5.69 Å². The SMILES string of the molecule is Cc1nc(NC(=O)c2nnn(-c3ccccc3Cl)c2C)sc1Cc1ccc(F)cc1. The van der Waals surface area contributed by atoms with Crippen LogP contribution in [0.2, 0.25) is 5.02 Å². The fraction of sp³-hybridized carbons (Fsp3) is 0.143. The van der Waals surface area contributed by atoms with Gasteiger partial charge in [-0.15, -0.1) is 16.4 Å². The number of carbonyl (C=O) groups is 1. The number of hydrogen-bond donors (Lipinski definition) is 1. The number of benzene rings is 2. The summed E-state index contributed by atoms with van der Waals surface area (Å²) in [6, 6.07) is 13.5. The van der Waals surface area contributed by atoms with Crippen LogP contribution < -0.4 is 5.32 Å². The lowest BCUT2D eigenvalue weighted by Gasteiger charge is -2.05. The molecule has 1 N–H and O–H groups in total. The van der Waals surface area contributed by atoms with Crippen LogP contribution in [0.5, 0.6) is 0 Å². The molecule has 2 heterocycles. The molecule has 2 aromatic carbocycles. The summed E-state index contributed by atoms with van der Waals surface area (Å²) in [5.74, 6) is -0.666. The highest BCUT2D eigenvalue weighted by atomic mass is 35.5. The maximum Gasteiger partial charge on any atom is 0.279 e. The van der Waals surface area contributed by atoms with Gasteiger partial charge in [-0.05, 0) is 43.7 Å². The lowest BCUT2D eigenvalue weighted by atomic mass is 10.1. The van der Waals surface area contributed by atoms with E-state index in [0.717, 1.165) is 16.1 Å². The minimum absolute atomic E-state index is 0.197. The summed E-state index contributed by atoms with van der Waals surface area (Å²) in [5, 5.41) is 11.9. The van der Waals surface area contributed by atoms with Gasteiger partial charge in [-0.2, -0.15) is 0 Å². The van der Waals surface area contributed by atoms with Crippen molar-refractivity contribution in [2.45, 2.75) is 20.3 Å². The average Bonchev–Trinajstić information content (AvgIpc) is 3.26. The van der Waals surface area contributed by atoms with Crippen LogP contribution in [0.15, 0.2) is 48.5 Å². The van der Waals surface area contributed by atoms with Gasteiger partial charge in [-0.25, -0.2) is 14.1 Å². The zero-order valence-electron chi connectivity index (χ0n) is 16.2. The van der Waals surface area contributed by atoms with Crippen LogP contribution in [-0.2, 0) is 6.42 Å². The van der Waals surface area contributed by atoms with E-state index in [4.69, 9.17) is 11.6 Å². The van der Waals surface area contributed by atoms with E-state index in [1.54, 1.807) is 31.2 Å². The lowest BCUT2D eigenvalue weighted by molar-refractivity contribution is 0.102. The van der Waals surface area contributed by atoms with Gasteiger partial charge in [-0.1, -0.05) is 41.1 Å². The van der Waals surface area contributed by atoms with Crippen LogP contribution in [0.1, 0.15) is 32.3 Å². The summed E-state index contributed by atoms with van der Waals surface area (Å²) in [6.45, 7) is 3.63. The van der Waals surface area contributed by atoms with Crippen molar-refractivity contribution >= 4 is 34.0 Å². The van der Waals surface area contributed by atoms with E-state index in [1.165, 1.54) is 28.2 Å². The first-order valence-electron chi connectivity index (χ1n) is 9.11. The molecule has 0 saturated heterocycles. The minimum Gasteiger partial charge on any atom is -0.296 e. The molecule has 0 unspecified atom stereocenters. The summed E-state index contributed by atoms with van der Waals surface area (Å²) in [6.07, 6.45) is 0.612. The Morgan fingerprint density at radius 3 is 2.63 bits per heavy atom. The van der Waals surface area contributed by atoms with Crippen LogP contribution in [0.4, 0.5) is 9.52 Å². The van der Waals surface area contributed by atoms with Gasteiger partial charge in [0.1, 0.15) is 5.82 Å². The molecule has 0 aliphatic heterocycles. The molecule has 4 rings (SSSR count). The topological polar surface area (TPSA) is 72.7 Å². The average molecular weight is 442 g/mol. The van der Waals surface area contributed by atoms with Crippen molar-refractivity contribution in [2.75, 3.05) is 5.32 Å². The van der Waals surface area contributed by atoms with Crippen LogP contribution >= 0.6 is 22.9 Å². The molecule has 0 saturated carbocycles. The maximum atomic E-state index is 13.1. The Hall–Kier alpha value is -3.10. The number of halogens is 2. The molecule has 0 aliphatic carbocycles. The van der Waals surface area contributed by atoms with E-state index in [2.05, 4.69) is 20.6 Å². The molecule has 4 aromatic rings. The Morgan fingerprint density at radius 1 is 1.17 bits per heavy atom. The summed E-state index contributed by atoms with van der Waals surface area (Å²) in [4.78, 5) is 18.2. The largest absolute Gasteiger partial charge is 0.296 e. The predicted molar refractivity (Wildman–Crippen MR) is 115 cm³/mol. The van der Waals surface area contributed by atoms with Crippen LogP contribution in [0, 0.1) is 19.7 Å². The zero-order chi connectivity index (χ0) is 21.3. The highest BCUT2D eigenvalue weighted by Crippen LogP contribution is 2.26. The number of rotatable bonds is 5. The molecule has 30 heavy (non-hydrogen) atoms. The first-order valence-corrected chi connectivity index (χ1v) is 10.3. The Kier molecular flexibility index (Phi) is 5.61. The van der Waals surface area contributed by atoms with Crippen molar-refractivity contribution in [3.8, 4) is 5.69 Å². The first-order chi connectivity index (χ1) is 14.4. The van der Waals surface area contributed by atoms with Crippen molar-refractivity contribution in [1.82, 2.24) is 20.0 Å². The molecule has 0 fully saturated rings. The number of amides is 1. The van der Waals surface area contributed by atoms with E-state index >= 15 is 0 Å². The number of para-hydroxylation sites is 1. The molecule has 152 valence electrons. The second-order valence-electron chi connectivity index (χ2n) is 6.67. The fourth-order valence-corrected chi connectivity index (χ4v) is 4.19. The van der Waals surface area contributed by atoms with Crippen LogP contribution in [0.3, 0.4) is 0 Å². The van der Waals surface area contributed by atoms with Crippen molar-refractivity contribution in [3.05, 3.63) is 86.9 Å². The fourth-order valence-electron chi connectivity index (χ4n) is 2.98. The van der Waals surface area contributed by atoms with Crippen molar-refractivity contribution in [2.24, 2.45) is 0 Å². The van der Waals surface area contributed by atoms with E-state index in [0.29, 0.717) is 28.0 Å². The monoisotopic (exact) mass is 441 g/mol. The molecular weight excluding hydrogens is 425 g/mol. The third-order valence-corrected chi connectivity index (χ3v) is 5.97. The van der Waals surface area contributed by atoms with E-state index in [1.807, 2.05) is 19.1 Å². The summed E-state index contributed by atoms with van der Waals surface area (Å²) in [5.41, 5.74) is 3.20. The maximum absolute atomic E-state index is 13.1. The van der Waals surface area contributed by atoms with Crippen molar-refractivity contribution < 1.29 is 9.18 Å². The molecule has 0 aliphatic rings. The summed E-state index contributed by atoms with van der Waals surface area (Å²) >= 11 is 7.61. The van der Waals surface area contributed by atoms with Gasteiger partial charge in [0.2, 0.25) is 0 Å². The Morgan fingerprint density at radius 2 is 1.90 bits per heavy atom. The number of nitrogens with zero attached hydrogens (tertiary/aromatic N) is 4. The molecule has 0 bridgehead atoms. The standard InChI is InChI=1S/C21H17ClFN5OS/c1-12-18(11-14-7-9-15(23)10-8-14)30-21(24-12)25-20(29)19-13(2)28(27-26-19)17-6-4-3-5-16(17)22/h3-10H,11H2,1-2H3,(H,24,25,29). The molecule has 1 amide bonds. The zero-order valence-corrected chi connectivity index (χ0v) is 17.8. The van der Waals surface area contributed by atoms with Crippen molar-refractivity contribution in [1.29, 1.82) is 0 Å². The number of nitrogens with one attached hydrogen (secondary N) is 1. The first kappa shape index (κ1) is 20.2. The quantitative estimate of drug-likeness (QED) is 0.474. The normalized spacial score (nSPS) is 10.9. The van der Waals surface area contributed by atoms with Gasteiger partial charge >= 0.3 is 0 Å². The van der Waals surface area contributed by atoms with Crippen molar-refractivity contribution in [3.63, 3.8) is 0 Å². The second kappa shape index (κ2) is 8.33. The van der Waals surface area contributed by atoms with Gasteiger partial charge < -0.3 is 0 Å². The van der Waals surface area contributed by atoms with Gasteiger partial charge in [-0.3, -0.25) is 10.1 Å². The number of aromatic nitrogens is 4. The lowest BCUT2D eigenvalue weighted by Crippen LogP contribution is -2.14. The molecule has 2 aromatic heterocycles. The Balaban J connectivity index is 1.52. The smallest absolute Gasteiger partial charge is 0.279 e. The molecule has 6 nitrogen and oxygen atoms in total. The van der Waals surface area contributed by atoms with E-state index < -0.39 is 5.91 Å².